The van der Waals surface area contributed by atoms with Gasteiger partial charge in [-0.25, -0.2) is 9.97 Å². The van der Waals surface area contributed by atoms with Gasteiger partial charge in [0.2, 0.25) is 5.95 Å². The first-order chi connectivity index (χ1) is 24.8. The molecule has 3 nitrogen and oxygen atoms in total. The third-order valence-electron chi connectivity index (χ3n) is 10.2. The van der Waals surface area contributed by atoms with E-state index in [2.05, 4.69) is 168 Å². The average Bonchev–Trinajstić information content (AvgIpc) is 3.72. The van der Waals surface area contributed by atoms with Gasteiger partial charge in [-0.2, -0.15) is 0 Å². The Morgan fingerprint density at radius 1 is 0.420 bits per heavy atom. The van der Waals surface area contributed by atoms with Crippen molar-refractivity contribution in [3.63, 3.8) is 0 Å². The lowest BCUT2D eigenvalue weighted by Crippen LogP contribution is -2.02. The molecule has 11 rings (SSSR count). The van der Waals surface area contributed by atoms with Crippen molar-refractivity contribution < 1.29 is 0 Å². The summed E-state index contributed by atoms with van der Waals surface area (Å²) in [5.74, 6) is 0.677. The molecule has 0 fully saturated rings. The first-order valence-electron chi connectivity index (χ1n) is 16.9. The molecule has 0 aliphatic carbocycles. The lowest BCUT2D eigenvalue weighted by Gasteiger charge is -2.11. The minimum Gasteiger partial charge on any atom is -0.278 e. The summed E-state index contributed by atoms with van der Waals surface area (Å²) < 4.78 is 4.60. The van der Waals surface area contributed by atoms with Crippen LogP contribution in [-0.2, 0) is 0 Å². The highest BCUT2D eigenvalue weighted by molar-refractivity contribution is 7.26. The number of hydrogen-bond donors (Lipinski definition) is 0. The summed E-state index contributed by atoms with van der Waals surface area (Å²) in [5.41, 5.74) is 7.56. The van der Waals surface area contributed by atoms with Crippen LogP contribution in [0, 0.1) is 0 Å². The standard InChI is InChI=1S/C46H27N3S/c1-2-11-28(12-3-1)31-17-10-18-34(25-31)43-45-44(37-26-32-15-4-5-16-33(32)27-40(37)50-45)48-46(47-43)49-38-23-21-29-13-6-8-19-35(29)41(38)42-36-20-9-7-14-30(36)22-24-39(42)49/h1-27H. The number of nitrogens with zero attached hydrogens (tertiary/aromatic N) is 3. The van der Waals surface area contributed by atoms with E-state index in [-0.39, 0.29) is 0 Å². The van der Waals surface area contributed by atoms with Crippen LogP contribution in [0.25, 0.3) is 103 Å². The number of thiophene rings is 1. The van der Waals surface area contributed by atoms with E-state index in [1.165, 1.54) is 53.4 Å². The SMILES string of the molecule is c1ccc(-c2cccc(-c3nc(-n4c5ccc6ccccc6c5c5c6ccccc6ccc54)nc4c3sc3cc5ccccc5cc34)c2)cc1. The van der Waals surface area contributed by atoms with Gasteiger partial charge in [-0.05, 0) is 73.8 Å². The fourth-order valence-electron chi connectivity index (χ4n) is 7.85. The lowest BCUT2D eigenvalue weighted by atomic mass is 10.00. The maximum absolute atomic E-state index is 5.54. The van der Waals surface area contributed by atoms with Crippen LogP contribution in [0.5, 0.6) is 0 Å². The summed E-state index contributed by atoms with van der Waals surface area (Å²) in [7, 11) is 0. The van der Waals surface area contributed by atoms with Gasteiger partial charge >= 0.3 is 0 Å². The summed E-state index contributed by atoms with van der Waals surface area (Å²) >= 11 is 1.78. The van der Waals surface area contributed by atoms with Crippen LogP contribution < -0.4 is 0 Å². The molecular weight excluding hydrogens is 627 g/mol. The molecule has 232 valence electrons. The normalized spacial score (nSPS) is 12.0. The maximum Gasteiger partial charge on any atom is 0.235 e. The Labute approximate surface area is 291 Å². The molecule has 0 saturated heterocycles. The molecule has 0 bridgehead atoms. The van der Waals surface area contributed by atoms with Crippen LogP contribution in [0.4, 0.5) is 0 Å². The highest BCUT2D eigenvalue weighted by Gasteiger charge is 2.22. The van der Waals surface area contributed by atoms with Crippen molar-refractivity contribution in [2.75, 3.05) is 0 Å². The molecule has 50 heavy (non-hydrogen) atoms. The molecule has 0 aliphatic heterocycles. The number of benzene rings is 8. The highest BCUT2D eigenvalue weighted by Crippen LogP contribution is 2.44. The van der Waals surface area contributed by atoms with Crippen molar-refractivity contribution in [1.29, 1.82) is 0 Å². The Bertz CT molecular complexity index is 3060. The van der Waals surface area contributed by atoms with Crippen molar-refractivity contribution in [2.24, 2.45) is 0 Å². The molecule has 0 saturated carbocycles. The minimum absolute atomic E-state index is 0.677. The molecule has 0 unspecified atom stereocenters. The molecule has 0 N–H and O–H groups in total. The molecule has 0 aliphatic rings. The van der Waals surface area contributed by atoms with Gasteiger partial charge in [0.1, 0.15) is 0 Å². The van der Waals surface area contributed by atoms with Crippen molar-refractivity contribution in [2.45, 2.75) is 0 Å². The first kappa shape index (κ1) is 27.6. The van der Waals surface area contributed by atoms with Crippen LogP contribution in [0.3, 0.4) is 0 Å². The Morgan fingerprint density at radius 2 is 1.00 bits per heavy atom. The summed E-state index contributed by atoms with van der Waals surface area (Å²) in [6.45, 7) is 0. The Hall–Kier alpha value is -6.36. The molecule has 8 aromatic carbocycles. The van der Waals surface area contributed by atoms with Gasteiger partial charge in [-0.1, -0.05) is 133 Å². The zero-order chi connectivity index (χ0) is 32.8. The Balaban J connectivity index is 1.29. The summed E-state index contributed by atoms with van der Waals surface area (Å²) in [5, 5.41) is 11.0. The smallest absolute Gasteiger partial charge is 0.235 e. The first-order valence-corrected chi connectivity index (χ1v) is 17.7. The molecular formula is C46H27N3S. The summed E-state index contributed by atoms with van der Waals surface area (Å²) in [4.78, 5) is 11.0. The number of hydrogen-bond acceptors (Lipinski definition) is 3. The molecule has 11 aromatic rings. The van der Waals surface area contributed by atoms with Crippen LogP contribution in [0.2, 0.25) is 0 Å². The van der Waals surface area contributed by atoms with Crippen LogP contribution >= 0.6 is 11.3 Å². The highest BCUT2D eigenvalue weighted by atomic mass is 32.1. The third-order valence-corrected chi connectivity index (χ3v) is 11.3. The molecule has 0 amide bonds. The van der Waals surface area contributed by atoms with Crippen molar-refractivity contribution in [3.8, 4) is 28.3 Å². The number of rotatable bonds is 3. The predicted molar refractivity (Wildman–Crippen MR) is 213 cm³/mol. The summed E-state index contributed by atoms with van der Waals surface area (Å²) in [6, 6.07) is 58.9. The van der Waals surface area contributed by atoms with Crippen LogP contribution in [0.15, 0.2) is 164 Å². The Kier molecular flexibility index (Phi) is 5.83. The topological polar surface area (TPSA) is 30.7 Å². The zero-order valence-corrected chi connectivity index (χ0v) is 27.7. The van der Waals surface area contributed by atoms with Gasteiger partial charge in [0.05, 0.1) is 26.9 Å². The van der Waals surface area contributed by atoms with Gasteiger partial charge in [0.15, 0.2) is 0 Å². The van der Waals surface area contributed by atoms with Gasteiger partial charge in [-0.15, -0.1) is 11.3 Å². The largest absolute Gasteiger partial charge is 0.278 e. The van der Waals surface area contributed by atoms with Gasteiger partial charge in [0.25, 0.3) is 0 Å². The zero-order valence-electron chi connectivity index (χ0n) is 26.8. The predicted octanol–water partition coefficient (Wildman–Crippen LogP) is 12.7. The van der Waals surface area contributed by atoms with E-state index in [4.69, 9.17) is 9.97 Å². The Morgan fingerprint density at radius 3 is 1.70 bits per heavy atom. The van der Waals surface area contributed by atoms with E-state index in [9.17, 15) is 0 Å². The number of fused-ring (bicyclic) bond motifs is 11. The molecule has 4 heteroatoms. The van der Waals surface area contributed by atoms with E-state index in [1.54, 1.807) is 11.3 Å². The van der Waals surface area contributed by atoms with Crippen molar-refractivity contribution in [1.82, 2.24) is 14.5 Å². The maximum atomic E-state index is 5.54. The molecule has 0 radical (unpaired) electrons. The van der Waals surface area contributed by atoms with E-state index < -0.39 is 0 Å². The molecule has 3 aromatic heterocycles. The van der Waals surface area contributed by atoms with Crippen molar-refractivity contribution >= 4 is 85.8 Å². The second kappa shape index (κ2) is 10.6. The number of aromatic nitrogens is 3. The van der Waals surface area contributed by atoms with E-state index in [0.29, 0.717) is 5.95 Å². The van der Waals surface area contributed by atoms with Crippen molar-refractivity contribution in [3.05, 3.63) is 164 Å². The molecule has 3 heterocycles. The fourth-order valence-corrected chi connectivity index (χ4v) is 9.04. The van der Waals surface area contributed by atoms with E-state index in [1.807, 2.05) is 0 Å². The van der Waals surface area contributed by atoms with E-state index in [0.717, 1.165) is 43.5 Å². The van der Waals surface area contributed by atoms with Crippen LogP contribution in [0.1, 0.15) is 0 Å². The second-order valence-corrected chi connectivity index (χ2v) is 14.0. The molecule has 0 spiro atoms. The summed E-state index contributed by atoms with van der Waals surface area (Å²) in [6.07, 6.45) is 0. The van der Waals surface area contributed by atoms with Gasteiger partial charge in [-0.3, -0.25) is 4.57 Å². The minimum atomic E-state index is 0.677. The molecule has 0 atom stereocenters. The monoisotopic (exact) mass is 653 g/mol. The van der Waals surface area contributed by atoms with Crippen LogP contribution in [-0.4, -0.2) is 14.5 Å². The average molecular weight is 654 g/mol. The van der Waals surface area contributed by atoms with Gasteiger partial charge in [0, 0.05) is 26.4 Å². The van der Waals surface area contributed by atoms with Gasteiger partial charge < -0.3 is 0 Å². The van der Waals surface area contributed by atoms with E-state index >= 15 is 0 Å². The lowest BCUT2D eigenvalue weighted by molar-refractivity contribution is 1.02. The second-order valence-electron chi connectivity index (χ2n) is 13.0. The quantitative estimate of drug-likeness (QED) is 0.190. The third kappa shape index (κ3) is 4.03. The fraction of sp³-hybridized carbons (Fsp3) is 0.